The zero-order valence-corrected chi connectivity index (χ0v) is 20.9. The Labute approximate surface area is 215 Å². The summed E-state index contributed by atoms with van der Waals surface area (Å²) in [4.78, 5) is 47.3. The summed E-state index contributed by atoms with van der Waals surface area (Å²) in [6.45, 7) is 4.90. The van der Waals surface area contributed by atoms with Crippen molar-refractivity contribution >= 4 is 28.9 Å². The van der Waals surface area contributed by atoms with Gasteiger partial charge >= 0.3 is 0 Å². The number of amides is 2. The van der Waals surface area contributed by atoms with E-state index < -0.39 is 16.9 Å². The quantitative estimate of drug-likeness (QED) is 0.399. The Morgan fingerprint density at radius 1 is 1.11 bits per heavy atom. The largest absolute Gasteiger partial charge is 0.366 e. The van der Waals surface area contributed by atoms with Crippen molar-refractivity contribution < 1.29 is 14.5 Å². The van der Waals surface area contributed by atoms with E-state index in [0.29, 0.717) is 23.6 Å². The Morgan fingerprint density at radius 2 is 1.89 bits per heavy atom. The molecular formula is C28H29N5O4. The number of nitrogens with one attached hydrogen (secondary N) is 1. The molecule has 9 heteroatoms. The first-order valence-corrected chi connectivity index (χ1v) is 12.5. The van der Waals surface area contributed by atoms with Crippen molar-refractivity contribution in [1.82, 2.24) is 9.88 Å². The van der Waals surface area contributed by atoms with Crippen LogP contribution in [0.4, 0.5) is 17.1 Å². The number of hydrogen-bond donors (Lipinski definition) is 1. The Hall–Kier alpha value is -4.27. The fourth-order valence-corrected chi connectivity index (χ4v) is 5.43. The number of non-ortho nitro benzene ring substituents is 1. The highest BCUT2D eigenvalue weighted by Gasteiger charge is 2.41. The van der Waals surface area contributed by atoms with Crippen LogP contribution in [0.3, 0.4) is 0 Å². The first kappa shape index (κ1) is 24.4. The normalized spacial score (nSPS) is 17.9. The van der Waals surface area contributed by atoms with Crippen LogP contribution < -0.4 is 10.2 Å². The van der Waals surface area contributed by atoms with Crippen LogP contribution in [0.25, 0.3) is 0 Å². The maximum absolute atomic E-state index is 14.1. The summed E-state index contributed by atoms with van der Waals surface area (Å²) in [6, 6.07) is 14.5. The van der Waals surface area contributed by atoms with Crippen LogP contribution in [0.15, 0.2) is 60.8 Å². The molecule has 9 nitrogen and oxygen atoms in total. The highest BCUT2D eigenvalue weighted by Crippen LogP contribution is 2.37. The van der Waals surface area contributed by atoms with E-state index in [-0.39, 0.29) is 23.2 Å². The number of anilines is 2. The summed E-state index contributed by atoms with van der Waals surface area (Å²) in [7, 11) is 0. The average Bonchev–Trinajstić information content (AvgIpc) is 3.02. The molecule has 1 saturated heterocycles. The second kappa shape index (κ2) is 10.0. The minimum absolute atomic E-state index is 0.0142. The molecule has 37 heavy (non-hydrogen) atoms. The predicted molar refractivity (Wildman–Crippen MR) is 141 cm³/mol. The number of piperidine rings is 1. The number of aryl methyl sites for hydroxylation is 2. The monoisotopic (exact) mass is 499 g/mol. The lowest BCUT2D eigenvalue weighted by Crippen LogP contribution is -2.49. The van der Waals surface area contributed by atoms with E-state index in [0.717, 1.165) is 36.9 Å². The highest BCUT2D eigenvalue weighted by molar-refractivity contribution is 6.05. The van der Waals surface area contributed by atoms with Crippen LogP contribution in [-0.4, -0.2) is 45.8 Å². The molecule has 5 rings (SSSR count). The second-order valence-corrected chi connectivity index (χ2v) is 9.67. The van der Waals surface area contributed by atoms with Crippen molar-refractivity contribution in [3.05, 3.63) is 93.3 Å². The van der Waals surface area contributed by atoms with E-state index in [4.69, 9.17) is 0 Å². The smallest absolute Gasteiger partial charge is 0.270 e. The van der Waals surface area contributed by atoms with E-state index in [2.05, 4.69) is 15.2 Å². The minimum Gasteiger partial charge on any atom is -0.366 e. The van der Waals surface area contributed by atoms with Crippen molar-refractivity contribution in [1.29, 1.82) is 0 Å². The Balaban J connectivity index is 1.62. The number of carbonyl (C=O) groups excluding carboxylic acids is 2. The number of nitro groups is 1. The van der Waals surface area contributed by atoms with Crippen LogP contribution in [0, 0.1) is 24.0 Å². The summed E-state index contributed by atoms with van der Waals surface area (Å²) in [6.07, 6.45) is 4.43. The molecule has 2 atom stereocenters. The molecule has 0 radical (unpaired) electrons. The molecule has 1 N–H and O–H groups in total. The third-order valence-electron chi connectivity index (χ3n) is 7.28. The molecule has 190 valence electrons. The van der Waals surface area contributed by atoms with Gasteiger partial charge in [0, 0.05) is 43.1 Å². The van der Waals surface area contributed by atoms with Gasteiger partial charge < -0.3 is 15.1 Å². The number of pyridine rings is 1. The van der Waals surface area contributed by atoms with Gasteiger partial charge in [-0.15, -0.1) is 0 Å². The average molecular weight is 500 g/mol. The van der Waals surface area contributed by atoms with Crippen LogP contribution >= 0.6 is 0 Å². The fourth-order valence-electron chi connectivity index (χ4n) is 5.43. The molecule has 0 saturated carbocycles. The zero-order valence-electron chi connectivity index (χ0n) is 20.9. The molecule has 2 amide bonds. The molecule has 2 aromatic carbocycles. The van der Waals surface area contributed by atoms with Crippen molar-refractivity contribution in [3.63, 3.8) is 0 Å². The summed E-state index contributed by atoms with van der Waals surface area (Å²) in [5.74, 6) is -0.791. The van der Waals surface area contributed by atoms with Crippen molar-refractivity contribution in [2.45, 2.75) is 45.2 Å². The van der Waals surface area contributed by atoms with Crippen LogP contribution in [0.2, 0.25) is 0 Å². The third-order valence-corrected chi connectivity index (χ3v) is 7.28. The summed E-state index contributed by atoms with van der Waals surface area (Å²) in [5, 5.41) is 14.6. The predicted octanol–water partition coefficient (Wildman–Crippen LogP) is 4.80. The molecule has 1 aromatic heterocycles. The summed E-state index contributed by atoms with van der Waals surface area (Å²) >= 11 is 0. The van der Waals surface area contributed by atoms with Gasteiger partial charge in [-0.2, -0.15) is 0 Å². The molecule has 3 aromatic rings. The van der Waals surface area contributed by atoms with Gasteiger partial charge in [0.1, 0.15) is 0 Å². The van der Waals surface area contributed by atoms with E-state index in [1.165, 1.54) is 12.1 Å². The van der Waals surface area contributed by atoms with Gasteiger partial charge in [0.05, 0.1) is 21.9 Å². The number of fused-ring (bicyclic) bond motifs is 3. The summed E-state index contributed by atoms with van der Waals surface area (Å²) < 4.78 is 0. The van der Waals surface area contributed by atoms with Crippen molar-refractivity contribution in [2.24, 2.45) is 0 Å². The van der Waals surface area contributed by atoms with Crippen molar-refractivity contribution in [2.75, 3.05) is 23.3 Å². The second-order valence-electron chi connectivity index (χ2n) is 9.67. The number of benzene rings is 2. The van der Waals surface area contributed by atoms with E-state index in [9.17, 15) is 19.7 Å². The van der Waals surface area contributed by atoms with Gasteiger partial charge in [0.2, 0.25) is 0 Å². The molecule has 2 aliphatic rings. The highest BCUT2D eigenvalue weighted by atomic mass is 16.6. The van der Waals surface area contributed by atoms with E-state index in [1.807, 2.05) is 32.0 Å². The van der Waals surface area contributed by atoms with Gasteiger partial charge in [-0.05, 0) is 62.4 Å². The SMILES string of the molecule is Cc1cccc(C)c1NC(=O)C(c1ccccn1)N1CC2CCCCN2c2ccc([N+](=O)[O-])cc2C1=O. The molecule has 1 fully saturated rings. The maximum Gasteiger partial charge on any atom is 0.270 e. The number of aromatic nitrogens is 1. The first-order valence-electron chi connectivity index (χ1n) is 12.5. The number of nitro benzene ring substituents is 1. The molecular weight excluding hydrogens is 470 g/mol. The van der Waals surface area contributed by atoms with Gasteiger partial charge in [0.25, 0.3) is 17.5 Å². The van der Waals surface area contributed by atoms with Crippen LogP contribution in [0.5, 0.6) is 0 Å². The number of nitrogens with zero attached hydrogens (tertiary/aromatic N) is 4. The molecule has 0 bridgehead atoms. The van der Waals surface area contributed by atoms with Gasteiger partial charge in [-0.3, -0.25) is 24.7 Å². The minimum atomic E-state index is -1.01. The molecule has 2 unspecified atom stereocenters. The number of para-hydroxylation sites is 1. The number of rotatable bonds is 5. The molecule has 0 aliphatic carbocycles. The topological polar surface area (TPSA) is 109 Å². The Morgan fingerprint density at radius 3 is 2.59 bits per heavy atom. The van der Waals surface area contributed by atoms with Gasteiger partial charge in [-0.1, -0.05) is 24.3 Å². The zero-order chi connectivity index (χ0) is 26.1. The summed E-state index contributed by atoms with van der Waals surface area (Å²) in [5.41, 5.74) is 3.72. The van der Waals surface area contributed by atoms with Crippen LogP contribution in [0.1, 0.15) is 52.5 Å². The van der Waals surface area contributed by atoms with Gasteiger partial charge in [0.15, 0.2) is 6.04 Å². The Kier molecular flexibility index (Phi) is 6.60. The standard InChI is InChI=1S/C28H29N5O4/c1-18-8-7-9-19(2)25(18)30-27(34)26(23-11-3-5-14-29-23)32-17-21-10-4-6-15-31(21)24-13-12-20(33(36)37)16-22(24)28(32)35/h3,5,7-9,11-14,16,21,26H,4,6,10,15,17H2,1-2H3,(H,30,34). The molecule has 0 spiro atoms. The first-order chi connectivity index (χ1) is 17.8. The maximum atomic E-state index is 14.1. The van der Waals surface area contributed by atoms with E-state index in [1.54, 1.807) is 35.4 Å². The number of carbonyl (C=O) groups is 2. The lowest BCUT2D eigenvalue weighted by Gasteiger charge is -2.38. The van der Waals surface area contributed by atoms with Gasteiger partial charge in [-0.25, -0.2) is 0 Å². The third kappa shape index (κ3) is 4.64. The molecule has 2 aliphatic heterocycles. The van der Waals surface area contributed by atoms with Crippen molar-refractivity contribution in [3.8, 4) is 0 Å². The van der Waals surface area contributed by atoms with E-state index >= 15 is 0 Å². The van der Waals surface area contributed by atoms with Crippen LogP contribution in [-0.2, 0) is 4.79 Å². The number of hydrogen-bond acceptors (Lipinski definition) is 6. The fraction of sp³-hybridized carbons (Fsp3) is 0.321. The lowest BCUT2D eigenvalue weighted by molar-refractivity contribution is -0.384. The Bertz CT molecular complexity index is 1340. The molecule has 3 heterocycles. The lowest BCUT2D eigenvalue weighted by atomic mass is 10.00.